The largest absolute Gasteiger partial charge is 0.484 e. The van der Waals surface area contributed by atoms with Crippen LogP contribution in [0.3, 0.4) is 0 Å². The number of likely N-dealkylation sites (tertiary alicyclic amines) is 1. The molecular formula is C20H22F2N2O4S. The second-order valence-electron chi connectivity index (χ2n) is 6.83. The van der Waals surface area contributed by atoms with Crippen LogP contribution in [0.4, 0.5) is 8.78 Å². The molecule has 1 heterocycles. The van der Waals surface area contributed by atoms with Crippen molar-refractivity contribution in [1.82, 2.24) is 9.62 Å². The van der Waals surface area contributed by atoms with Gasteiger partial charge in [-0.2, -0.15) is 0 Å². The van der Waals surface area contributed by atoms with Crippen LogP contribution in [0.15, 0.2) is 53.4 Å². The average molecular weight is 424 g/mol. The summed E-state index contributed by atoms with van der Waals surface area (Å²) < 4.78 is 59.7. The van der Waals surface area contributed by atoms with Gasteiger partial charge in [0.25, 0.3) is 5.91 Å². The van der Waals surface area contributed by atoms with Crippen LogP contribution in [0.5, 0.6) is 5.75 Å². The van der Waals surface area contributed by atoms with Crippen molar-refractivity contribution in [3.63, 3.8) is 0 Å². The van der Waals surface area contributed by atoms with E-state index in [1.54, 1.807) is 17.0 Å². The fourth-order valence-corrected chi connectivity index (χ4v) is 4.43. The van der Waals surface area contributed by atoms with E-state index in [0.29, 0.717) is 31.7 Å². The minimum atomic E-state index is -4.29. The molecule has 0 bridgehead atoms. The summed E-state index contributed by atoms with van der Waals surface area (Å²) in [6.45, 7) is 0.932. The smallest absolute Gasteiger partial charge is 0.260 e. The fraction of sp³-hybridized carbons (Fsp3) is 0.350. The third-order valence-electron chi connectivity index (χ3n) is 4.82. The number of para-hydroxylation sites is 1. The predicted molar refractivity (Wildman–Crippen MR) is 103 cm³/mol. The summed E-state index contributed by atoms with van der Waals surface area (Å²) in [5, 5.41) is 0. The van der Waals surface area contributed by atoms with Crippen LogP contribution in [0, 0.1) is 17.6 Å². The molecule has 1 N–H and O–H groups in total. The molecule has 0 unspecified atom stereocenters. The third kappa shape index (κ3) is 5.51. The van der Waals surface area contributed by atoms with Crippen LogP contribution in [-0.2, 0) is 14.8 Å². The first-order chi connectivity index (χ1) is 13.9. The first-order valence-electron chi connectivity index (χ1n) is 9.26. The van der Waals surface area contributed by atoms with Gasteiger partial charge in [-0.05, 0) is 43.0 Å². The Labute approximate surface area is 168 Å². The second-order valence-corrected chi connectivity index (χ2v) is 8.53. The number of ether oxygens (including phenoxy) is 1. The van der Waals surface area contributed by atoms with Gasteiger partial charge in [-0.1, -0.05) is 24.3 Å². The first kappa shape index (κ1) is 21.2. The van der Waals surface area contributed by atoms with E-state index in [1.807, 2.05) is 18.2 Å². The molecule has 9 heteroatoms. The molecule has 156 valence electrons. The lowest BCUT2D eigenvalue weighted by molar-refractivity contribution is -0.134. The van der Waals surface area contributed by atoms with Crippen LogP contribution in [-0.4, -0.2) is 45.5 Å². The number of benzene rings is 2. The van der Waals surface area contributed by atoms with Crippen molar-refractivity contribution < 1.29 is 26.7 Å². The maximum absolute atomic E-state index is 13.7. The number of hydrogen-bond donors (Lipinski definition) is 1. The summed E-state index contributed by atoms with van der Waals surface area (Å²) in [6.07, 6.45) is 1.17. The zero-order chi connectivity index (χ0) is 20.9. The number of piperidine rings is 1. The Kier molecular flexibility index (Phi) is 6.81. The lowest BCUT2D eigenvalue weighted by atomic mass is 9.97. The van der Waals surface area contributed by atoms with Crippen molar-refractivity contribution in [3.8, 4) is 5.75 Å². The number of amides is 1. The van der Waals surface area contributed by atoms with Crippen molar-refractivity contribution >= 4 is 15.9 Å². The molecule has 1 saturated heterocycles. The summed E-state index contributed by atoms with van der Waals surface area (Å²) in [5.74, 6) is -1.81. The number of sulfonamides is 1. The number of carbonyl (C=O) groups excluding carboxylic acids is 1. The summed E-state index contributed by atoms with van der Waals surface area (Å²) in [6, 6.07) is 11.9. The normalized spacial score (nSPS) is 15.3. The highest BCUT2D eigenvalue weighted by Gasteiger charge is 2.27. The topological polar surface area (TPSA) is 75.7 Å². The predicted octanol–water partition coefficient (Wildman–Crippen LogP) is 2.56. The van der Waals surface area contributed by atoms with E-state index < -0.39 is 26.6 Å². The molecule has 0 radical (unpaired) electrons. The molecule has 0 aromatic heterocycles. The van der Waals surface area contributed by atoms with Crippen molar-refractivity contribution in [3.05, 3.63) is 60.2 Å². The molecule has 6 nitrogen and oxygen atoms in total. The Hall–Kier alpha value is -2.52. The van der Waals surface area contributed by atoms with Crippen LogP contribution in [0.2, 0.25) is 0 Å². The summed E-state index contributed by atoms with van der Waals surface area (Å²) in [5.41, 5.74) is 0. The number of rotatable bonds is 7. The van der Waals surface area contributed by atoms with Gasteiger partial charge in [0.15, 0.2) is 11.5 Å². The average Bonchev–Trinajstić information content (AvgIpc) is 2.71. The van der Waals surface area contributed by atoms with Gasteiger partial charge in [0, 0.05) is 19.6 Å². The Morgan fingerprint density at radius 1 is 1.03 bits per heavy atom. The third-order valence-corrected chi connectivity index (χ3v) is 6.30. The summed E-state index contributed by atoms with van der Waals surface area (Å²) in [4.78, 5) is 13.0. The number of nitrogens with zero attached hydrogens (tertiary/aromatic N) is 1. The molecule has 1 fully saturated rings. The molecule has 0 saturated carbocycles. The standard InChI is InChI=1S/C20H22F2N2O4S/c21-17-7-4-8-18(22)20(17)29(26,27)23-13-15-9-11-24(12-10-15)19(25)14-28-16-5-2-1-3-6-16/h1-8,15,23H,9-14H2. The molecule has 0 spiro atoms. The van der Waals surface area contributed by atoms with E-state index in [2.05, 4.69) is 4.72 Å². The Morgan fingerprint density at radius 2 is 1.66 bits per heavy atom. The van der Waals surface area contributed by atoms with Gasteiger partial charge in [-0.25, -0.2) is 21.9 Å². The first-order valence-corrected chi connectivity index (χ1v) is 10.7. The molecule has 3 rings (SSSR count). The van der Waals surface area contributed by atoms with Crippen molar-refractivity contribution in [2.45, 2.75) is 17.7 Å². The number of hydrogen-bond acceptors (Lipinski definition) is 4. The molecule has 1 aliphatic heterocycles. The maximum atomic E-state index is 13.7. The van der Waals surface area contributed by atoms with E-state index in [4.69, 9.17) is 4.74 Å². The minimum Gasteiger partial charge on any atom is -0.484 e. The van der Waals surface area contributed by atoms with Crippen LogP contribution in [0.1, 0.15) is 12.8 Å². The van der Waals surface area contributed by atoms with Crippen LogP contribution >= 0.6 is 0 Å². The highest BCUT2D eigenvalue weighted by Crippen LogP contribution is 2.21. The number of halogens is 2. The van der Waals surface area contributed by atoms with Gasteiger partial charge in [-0.15, -0.1) is 0 Å². The SMILES string of the molecule is O=C(COc1ccccc1)N1CCC(CNS(=O)(=O)c2c(F)cccc2F)CC1. The molecule has 29 heavy (non-hydrogen) atoms. The Balaban J connectivity index is 1.47. The van der Waals surface area contributed by atoms with Crippen LogP contribution in [0.25, 0.3) is 0 Å². The van der Waals surface area contributed by atoms with Crippen molar-refractivity contribution in [2.75, 3.05) is 26.2 Å². The Morgan fingerprint density at radius 3 is 2.28 bits per heavy atom. The van der Waals surface area contributed by atoms with Gasteiger partial charge in [-0.3, -0.25) is 4.79 Å². The van der Waals surface area contributed by atoms with E-state index >= 15 is 0 Å². The lowest BCUT2D eigenvalue weighted by Gasteiger charge is -2.32. The summed E-state index contributed by atoms with van der Waals surface area (Å²) >= 11 is 0. The van der Waals surface area contributed by atoms with Gasteiger partial charge < -0.3 is 9.64 Å². The van der Waals surface area contributed by atoms with Crippen molar-refractivity contribution in [2.24, 2.45) is 5.92 Å². The highest BCUT2D eigenvalue weighted by atomic mass is 32.2. The number of nitrogens with one attached hydrogen (secondary N) is 1. The molecule has 1 aliphatic rings. The van der Waals surface area contributed by atoms with Crippen molar-refractivity contribution in [1.29, 1.82) is 0 Å². The molecule has 0 aliphatic carbocycles. The van der Waals surface area contributed by atoms with E-state index in [9.17, 15) is 22.0 Å². The van der Waals surface area contributed by atoms with E-state index in [-0.39, 0.29) is 25.0 Å². The Bertz CT molecular complexity index is 926. The zero-order valence-corrected chi connectivity index (χ0v) is 16.5. The lowest BCUT2D eigenvalue weighted by Crippen LogP contribution is -2.43. The molecule has 2 aromatic carbocycles. The van der Waals surface area contributed by atoms with Gasteiger partial charge in [0.05, 0.1) is 0 Å². The van der Waals surface area contributed by atoms with Gasteiger partial charge in [0.1, 0.15) is 17.4 Å². The second kappa shape index (κ2) is 9.32. The molecule has 1 amide bonds. The van der Waals surface area contributed by atoms with Crippen LogP contribution < -0.4 is 9.46 Å². The minimum absolute atomic E-state index is 0.0290. The number of carbonyl (C=O) groups is 1. The quantitative estimate of drug-likeness (QED) is 0.741. The fourth-order valence-electron chi connectivity index (χ4n) is 3.18. The molecule has 2 aromatic rings. The van der Waals surface area contributed by atoms with E-state index in [1.165, 1.54) is 0 Å². The molecular weight excluding hydrogens is 402 g/mol. The zero-order valence-electron chi connectivity index (χ0n) is 15.7. The molecule has 0 atom stereocenters. The summed E-state index contributed by atoms with van der Waals surface area (Å²) in [7, 11) is -4.29. The maximum Gasteiger partial charge on any atom is 0.260 e. The monoisotopic (exact) mass is 424 g/mol. The van der Waals surface area contributed by atoms with Gasteiger partial charge in [0.2, 0.25) is 10.0 Å². The van der Waals surface area contributed by atoms with Gasteiger partial charge >= 0.3 is 0 Å². The van der Waals surface area contributed by atoms with E-state index in [0.717, 1.165) is 18.2 Å². The highest BCUT2D eigenvalue weighted by molar-refractivity contribution is 7.89.